The summed E-state index contributed by atoms with van der Waals surface area (Å²) in [6.45, 7) is 9.24. The van der Waals surface area contributed by atoms with Crippen molar-refractivity contribution in [3.8, 4) is 0 Å². The molecule has 0 fully saturated rings. The highest BCUT2D eigenvalue weighted by atomic mass is 32.2. The highest BCUT2D eigenvalue weighted by molar-refractivity contribution is 7.99. The molecular weight excluding hydrogens is 344 g/mol. The van der Waals surface area contributed by atoms with E-state index in [0.29, 0.717) is 5.92 Å². The molecule has 0 atom stereocenters. The molecule has 0 aliphatic carbocycles. The molecule has 1 heteroatoms. The van der Waals surface area contributed by atoms with E-state index >= 15 is 0 Å². The molecular formula is C26H28S. The van der Waals surface area contributed by atoms with Crippen LogP contribution in [0.2, 0.25) is 0 Å². The highest BCUT2D eigenvalue weighted by Gasteiger charge is 2.32. The Hall–Kier alpha value is -1.99. The zero-order valence-corrected chi connectivity index (χ0v) is 17.6. The van der Waals surface area contributed by atoms with Gasteiger partial charge in [-0.2, -0.15) is 0 Å². The summed E-state index contributed by atoms with van der Waals surface area (Å²) in [5.41, 5.74) is 7.18. The minimum Gasteiger partial charge on any atom is -0.0894 e. The largest absolute Gasteiger partial charge is 0.0894 e. The monoisotopic (exact) mass is 372 g/mol. The van der Waals surface area contributed by atoms with Gasteiger partial charge in [0.15, 0.2) is 0 Å². The summed E-state index contributed by atoms with van der Waals surface area (Å²) in [6.07, 6.45) is 2.15. The maximum absolute atomic E-state index is 2.40. The lowest BCUT2D eigenvalue weighted by molar-refractivity contribution is 0.607. The van der Waals surface area contributed by atoms with Gasteiger partial charge in [0.2, 0.25) is 0 Å². The van der Waals surface area contributed by atoms with Crippen molar-refractivity contribution in [2.75, 3.05) is 0 Å². The molecule has 3 aromatic rings. The number of fused-ring (bicyclic) bond motifs is 2. The molecule has 0 nitrogen and oxygen atoms in total. The lowest BCUT2D eigenvalue weighted by atomic mass is 9.77. The van der Waals surface area contributed by atoms with Gasteiger partial charge >= 0.3 is 0 Å². The zero-order chi connectivity index (χ0) is 19.0. The molecule has 1 aliphatic rings. The maximum Gasteiger partial charge on any atom is 0.0168 e. The van der Waals surface area contributed by atoms with E-state index < -0.39 is 0 Å². The number of rotatable bonds is 4. The summed E-state index contributed by atoms with van der Waals surface area (Å²) in [5.74, 6) is 0.708. The Morgan fingerprint density at radius 1 is 0.741 bits per heavy atom. The first-order valence-corrected chi connectivity index (χ1v) is 10.7. The van der Waals surface area contributed by atoms with Crippen molar-refractivity contribution >= 4 is 11.8 Å². The predicted octanol–water partition coefficient (Wildman–Crippen LogP) is 7.27. The molecule has 0 N–H and O–H groups in total. The molecule has 3 aromatic carbocycles. The number of benzene rings is 3. The Bertz CT molecular complexity index is 948. The van der Waals surface area contributed by atoms with Crippen molar-refractivity contribution in [1.82, 2.24) is 0 Å². The Morgan fingerprint density at radius 2 is 1.37 bits per heavy atom. The summed E-state index contributed by atoms with van der Waals surface area (Å²) in [4.78, 5) is 2.80. The second-order valence-corrected chi connectivity index (χ2v) is 9.73. The summed E-state index contributed by atoms with van der Waals surface area (Å²) in [7, 11) is 0. The molecule has 0 bridgehead atoms. The summed E-state index contributed by atoms with van der Waals surface area (Å²) >= 11 is 1.92. The van der Waals surface area contributed by atoms with E-state index in [2.05, 4.69) is 94.4 Å². The lowest BCUT2D eigenvalue weighted by Crippen LogP contribution is -2.23. The molecule has 138 valence electrons. The SMILES string of the molecule is CC(C)Cc1ccc(Cc2ccc3c(c2)Sc2ccccc2C3(C)C)cc1. The van der Waals surface area contributed by atoms with E-state index in [4.69, 9.17) is 0 Å². The van der Waals surface area contributed by atoms with Gasteiger partial charge < -0.3 is 0 Å². The fourth-order valence-corrected chi connectivity index (χ4v) is 5.57. The van der Waals surface area contributed by atoms with Gasteiger partial charge in [-0.3, -0.25) is 0 Å². The van der Waals surface area contributed by atoms with Crippen LogP contribution in [0.3, 0.4) is 0 Å². The van der Waals surface area contributed by atoms with Gasteiger partial charge in [-0.05, 0) is 58.7 Å². The van der Waals surface area contributed by atoms with Gasteiger partial charge in [0.25, 0.3) is 0 Å². The normalized spacial score (nSPS) is 14.7. The van der Waals surface area contributed by atoms with Crippen molar-refractivity contribution in [3.63, 3.8) is 0 Å². The summed E-state index contributed by atoms with van der Waals surface area (Å²) in [5, 5.41) is 0. The van der Waals surface area contributed by atoms with E-state index in [9.17, 15) is 0 Å². The first-order valence-electron chi connectivity index (χ1n) is 9.92. The predicted molar refractivity (Wildman–Crippen MR) is 117 cm³/mol. The summed E-state index contributed by atoms with van der Waals surface area (Å²) < 4.78 is 0. The highest BCUT2D eigenvalue weighted by Crippen LogP contribution is 2.49. The standard InChI is InChI=1S/C26H28S/c1-18(2)15-19-9-11-20(12-10-19)16-21-13-14-23-25(17-21)27-24-8-6-5-7-22(24)26(23,3)4/h5-14,17-18H,15-16H2,1-4H3. The molecule has 1 heterocycles. The van der Waals surface area contributed by atoms with Crippen molar-refractivity contribution in [3.05, 3.63) is 94.5 Å². The molecule has 0 amide bonds. The lowest BCUT2D eigenvalue weighted by Gasteiger charge is -2.34. The van der Waals surface area contributed by atoms with Crippen LogP contribution in [0.15, 0.2) is 76.5 Å². The number of hydrogen-bond acceptors (Lipinski definition) is 1. The first kappa shape index (κ1) is 18.4. The van der Waals surface area contributed by atoms with E-state index in [1.165, 1.54) is 37.6 Å². The number of hydrogen-bond donors (Lipinski definition) is 0. The van der Waals surface area contributed by atoms with Gasteiger partial charge in [-0.25, -0.2) is 0 Å². The minimum absolute atomic E-state index is 0.0637. The van der Waals surface area contributed by atoms with Gasteiger partial charge in [-0.1, -0.05) is 94.1 Å². The van der Waals surface area contributed by atoms with Crippen molar-refractivity contribution in [2.24, 2.45) is 5.92 Å². The van der Waals surface area contributed by atoms with E-state index in [0.717, 1.165) is 12.8 Å². The van der Waals surface area contributed by atoms with Crippen LogP contribution in [0, 0.1) is 5.92 Å². The van der Waals surface area contributed by atoms with Gasteiger partial charge in [-0.15, -0.1) is 0 Å². The smallest absolute Gasteiger partial charge is 0.0168 e. The van der Waals surface area contributed by atoms with Gasteiger partial charge in [0.05, 0.1) is 0 Å². The van der Waals surface area contributed by atoms with E-state index in [-0.39, 0.29) is 5.41 Å². The Morgan fingerprint density at radius 3 is 2.11 bits per heavy atom. The first-order chi connectivity index (χ1) is 12.9. The summed E-state index contributed by atoms with van der Waals surface area (Å²) in [6, 6.07) is 25.1. The second-order valence-electron chi connectivity index (χ2n) is 8.64. The third-order valence-electron chi connectivity index (χ3n) is 5.57. The molecule has 1 aliphatic heterocycles. The van der Waals surface area contributed by atoms with Crippen molar-refractivity contribution in [1.29, 1.82) is 0 Å². The van der Waals surface area contributed by atoms with Crippen LogP contribution in [0.25, 0.3) is 0 Å². The Kier molecular flexibility index (Phi) is 4.90. The molecule has 27 heavy (non-hydrogen) atoms. The van der Waals surface area contributed by atoms with Crippen LogP contribution >= 0.6 is 11.8 Å². The third-order valence-corrected chi connectivity index (χ3v) is 6.71. The maximum atomic E-state index is 2.40. The van der Waals surface area contributed by atoms with Crippen LogP contribution in [0.4, 0.5) is 0 Å². The van der Waals surface area contributed by atoms with Gasteiger partial charge in [0.1, 0.15) is 0 Å². The molecule has 0 unspecified atom stereocenters. The third kappa shape index (κ3) is 3.71. The molecule has 0 saturated heterocycles. The quantitative estimate of drug-likeness (QED) is 0.464. The van der Waals surface area contributed by atoms with Gasteiger partial charge in [0, 0.05) is 15.2 Å². The van der Waals surface area contributed by atoms with Crippen LogP contribution in [0.5, 0.6) is 0 Å². The molecule has 0 radical (unpaired) electrons. The fourth-order valence-electron chi connectivity index (χ4n) is 4.11. The zero-order valence-electron chi connectivity index (χ0n) is 16.8. The molecule has 0 saturated carbocycles. The molecule has 0 spiro atoms. The van der Waals surface area contributed by atoms with Crippen LogP contribution in [-0.4, -0.2) is 0 Å². The second kappa shape index (κ2) is 7.20. The van der Waals surface area contributed by atoms with Crippen LogP contribution < -0.4 is 0 Å². The fraction of sp³-hybridized carbons (Fsp3) is 0.308. The minimum atomic E-state index is 0.0637. The molecule has 4 rings (SSSR count). The van der Waals surface area contributed by atoms with E-state index in [1.807, 2.05) is 11.8 Å². The van der Waals surface area contributed by atoms with Crippen molar-refractivity contribution in [2.45, 2.75) is 55.7 Å². The van der Waals surface area contributed by atoms with E-state index in [1.54, 1.807) is 0 Å². The van der Waals surface area contributed by atoms with Crippen molar-refractivity contribution < 1.29 is 0 Å². The Labute approximate surface area is 168 Å². The van der Waals surface area contributed by atoms with Crippen LogP contribution in [0.1, 0.15) is 55.5 Å². The Balaban J connectivity index is 1.59. The van der Waals surface area contributed by atoms with Crippen LogP contribution in [-0.2, 0) is 18.3 Å². The average Bonchev–Trinajstić information content (AvgIpc) is 2.63. The topological polar surface area (TPSA) is 0 Å². The average molecular weight is 373 g/mol. The molecule has 0 aromatic heterocycles.